The number of carbonyl (C=O) groups excluding carboxylic acids is 1. The van der Waals surface area contributed by atoms with Crippen molar-refractivity contribution >= 4 is 21.6 Å². The molecule has 3 rings (SSSR count). The summed E-state index contributed by atoms with van der Waals surface area (Å²) in [6, 6.07) is 13.0. The second-order valence-electron chi connectivity index (χ2n) is 7.67. The van der Waals surface area contributed by atoms with Gasteiger partial charge in [-0.25, -0.2) is 8.42 Å². The minimum Gasteiger partial charge on any atom is -0.337 e. The molecule has 1 heterocycles. The largest absolute Gasteiger partial charge is 0.337 e. The molecule has 31 heavy (non-hydrogen) atoms. The first-order valence-electron chi connectivity index (χ1n) is 9.73. The van der Waals surface area contributed by atoms with Gasteiger partial charge in [0.15, 0.2) is 0 Å². The normalized spacial score (nSPS) is 11.4. The van der Waals surface area contributed by atoms with Gasteiger partial charge in [0.25, 0.3) is 0 Å². The molecule has 0 saturated carbocycles. The predicted molar refractivity (Wildman–Crippen MR) is 119 cm³/mol. The van der Waals surface area contributed by atoms with Gasteiger partial charge in [-0.2, -0.15) is 4.98 Å². The standard InChI is InChI=1S/C22H26N4O4S/c1-15-6-9-18(10-7-15)22-23-20(30-24-22)13-25(4)21(27)14-26(31(5,28)29)19-11-8-16(2)17(3)12-19/h6-12H,13-14H2,1-5H3. The van der Waals surface area contributed by atoms with E-state index in [1.54, 1.807) is 19.2 Å². The third-order valence-electron chi connectivity index (χ3n) is 5.03. The first kappa shape index (κ1) is 22.5. The number of carbonyl (C=O) groups is 1. The van der Waals surface area contributed by atoms with E-state index in [9.17, 15) is 13.2 Å². The van der Waals surface area contributed by atoms with Gasteiger partial charge in [0.1, 0.15) is 6.54 Å². The van der Waals surface area contributed by atoms with Crippen molar-refractivity contribution in [1.82, 2.24) is 15.0 Å². The third kappa shape index (κ3) is 5.49. The van der Waals surface area contributed by atoms with Crippen molar-refractivity contribution in [2.24, 2.45) is 0 Å². The molecule has 2 aromatic carbocycles. The molecule has 3 aromatic rings. The highest BCUT2D eigenvalue weighted by atomic mass is 32.2. The minimum absolute atomic E-state index is 0.0716. The fraction of sp³-hybridized carbons (Fsp3) is 0.318. The van der Waals surface area contributed by atoms with Crippen molar-refractivity contribution < 1.29 is 17.7 Å². The van der Waals surface area contributed by atoms with Crippen molar-refractivity contribution in [2.45, 2.75) is 27.3 Å². The summed E-state index contributed by atoms with van der Waals surface area (Å²) in [6.45, 7) is 5.58. The highest BCUT2D eigenvalue weighted by Crippen LogP contribution is 2.22. The lowest BCUT2D eigenvalue weighted by atomic mass is 10.1. The molecule has 0 saturated heterocycles. The molecule has 0 unspecified atom stereocenters. The average Bonchev–Trinajstić information content (AvgIpc) is 3.16. The molecule has 1 amide bonds. The first-order chi connectivity index (χ1) is 14.5. The zero-order valence-corrected chi connectivity index (χ0v) is 19.1. The molecule has 0 atom stereocenters. The van der Waals surface area contributed by atoms with Gasteiger partial charge >= 0.3 is 0 Å². The number of anilines is 1. The van der Waals surface area contributed by atoms with E-state index in [-0.39, 0.29) is 19.0 Å². The average molecular weight is 443 g/mol. The van der Waals surface area contributed by atoms with Crippen LogP contribution >= 0.6 is 0 Å². The van der Waals surface area contributed by atoms with Crippen LogP contribution in [0.2, 0.25) is 0 Å². The smallest absolute Gasteiger partial charge is 0.246 e. The van der Waals surface area contributed by atoms with Crippen molar-refractivity contribution in [1.29, 1.82) is 0 Å². The monoisotopic (exact) mass is 442 g/mol. The molecule has 0 N–H and O–H groups in total. The van der Waals surface area contributed by atoms with E-state index in [1.165, 1.54) is 4.90 Å². The zero-order valence-electron chi connectivity index (χ0n) is 18.3. The molecule has 0 spiro atoms. The maximum Gasteiger partial charge on any atom is 0.246 e. The Kier molecular flexibility index (Phi) is 6.45. The number of likely N-dealkylation sites (N-methyl/N-ethyl adjacent to an activating group) is 1. The van der Waals surface area contributed by atoms with Crippen LogP contribution in [0.25, 0.3) is 11.4 Å². The van der Waals surface area contributed by atoms with Crippen LogP contribution in [0.5, 0.6) is 0 Å². The molecular weight excluding hydrogens is 416 g/mol. The maximum atomic E-state index is 12.8. The Bertz CT molecular complexity index is 1190. The Hall–Kier alpha value is -3.20. The lowest BCUT2D eigenvalue weighted by molar-refractivity contribution is -0.129. The van der Waals surface area contributed by atoms with Crippen LogP contribution in [0, 0.1) is 20.8 Å². The van der Waals surface area contributed by atoms with Crippen LogP contribution in [0.4, 0.5) is 5.69 Å². The Morgan fingerprint density at radius 1 is 1.03 bits per heavy atom. The quantitative estimate of drug-likeness (QED) is 0.558. The minimum atomic E-state index is -3.65. The van der Waals surface area contributed by atoms with E-state index in [0.717, 1.165) is 32.8 Å². The van der Waals surface area contributed by atoms with Gasteiger partial charge in [-0.3, -0.25) is 9.10 Å². The van der Waals surface area contributed by atoms with Crippen molar-refractivity contribution in [2.75, 3.05) is 24.2 Å². The van der Waals surface area contributed by atoms with E-state index in [4.69, 9.17) is 4.52 Å². The third-order valence-corrected chi connectivity index (χ3v) is 6.17. The summed E-state index contributed by atoms with van der Waals surface area (Å²) >= 11 is 0. The highest BCUT2D eigenvalue weighted by Gasteiger charge is 2.24. The lowest BCUT2D eigenvalue weighted by Crippen LogP contribution is -2.41. The van der Waals surface area contributed by atoms with Crippen LogP contribution in [0.3, 0.4) is 0 Å². The molecule has 0 radical (unpaired) electrons. The predicted octanol–water partition coefficient (Wildman–Crippen LogP) is 3.09. The molecule has 0 aliphatic rings. The van der Waals surface area contributed by atoms with E-state index in [1.807, 2.05) is 51.1 Å². The number of benzene rings is 2. The van der Waals surface area contributed by atoms with Crippen LogP contribution in [0.15, 0.2) is 47.0 Å². The van der Waals surface area contributed by atoms with E-state index < -0.39 is 15.9 Å². The summed E-state index contributed by atoms with van der Waals surface area (Å²) in [5.41, 5.74) is 4.37. The molecule has 0 aliphatic heterocycles. The Morgan fingerprint density at radius 2 is 1.71 bits per heavy atom. The van der Waals surface area contributed by atoms with E-state index >= 15 is 0 Å². The summed E-state index contributed by atoms with van der Waals surface area (Å²) in [5, 5.41) is 3.96. The first-order valence-corrected chi connectivity index (χ1v) is 11.6. The van der Waals surface area contributed by atoms with Gasteiger partial charge in [0, 0.05) is 12.6 Å². The van der Waals surface area contributed by atoms with Crippen LogP contribution in [0.1, 0.15) is 22.6 Å². The fourth-order valence-electron chi connectivity index (χ4n) is 2.95. The molecular formula is C22H26N4O4S. The van der Waals surface area contributed by atoms with Gasteiger partial charge < -0.3 is 9.42 Å². The molecule has 0 bridgehead atoms. The zero-order chi connectivity index (χ0) is 22.8. The second-order valence-corrected chi connectivity index (χ2v) is 9.57. The summed E-state index contributed by atoms with van der Waals surface area (Å²) in [4.78, 5) is 18.5. The Labute approximate surface area is 182 Å². The number of amides is 1. The number of nitrogens with zero attached hydrogens (tertiary/aromatic N) is 4. The fourth-order valence-corrected chi connectivity index (χ4v) is 3.80. The summed E-state index contributed by atoms with van der Waals surface area (Å²) < 4.78 is 31.1. The van der Waals surface area contributed by atoms with E-state index in [2.05, 4.69) is 10.1 Å². The van der Waals surface area contributed by atoms with Crippen molar-refractivity contribution in [3.63, 3.8) is 0 Å². The van der Waals surface area contributed by atoms with Crippen LogP contribution in [-0.2, 0) is 21.4 Å². The molecule has 0 aliphatic carbocycles. The summed E-state index contributed by atoms with van der Waals surface area (Å²) in [7, 11) is -2.08. The van der Waals surface area contributed by atoms with Gasteiger partial charge in [-0.15, -0.1) is 0 Å². The van der Waals surface area contributed by atoms with Crippen LogP contribution < -0.4 is 4.31 Å². The lowest BCUT2D eigenvalue weighted by Gasteiger charge is -2.25. The molecule has 8 nitrogen and oxygen atoms in total. The molecule has 164 valence electrons. The number of hydrogen-bond acceptors (Lipinski definition) is 6. The number of aromatic nitrogens is 2. The molecule has 9 heteroatoms. The van der Waals surface area contributed by atoms with Crippen molar-refractivity contribution in [3.05, 3.63) is 65.0 Å². The number of aryl methyl sites for hydroxylation is 3. The molecule has 0 fully saturated rings. The number of rotatable bonds is 7. The Balaban J connectivity index is 1.72. The SMILES string of the molecule is Cc1ccc(-c2noc(CN(C)C(=O)CN(c3ccc(C)c(C)c3)S(C)(=O)=O)n2)cc1. The Morgan fingerprint density at radius 3 is 2.32 bits per heavy atom. The summed E-state index contributed by atoms with van der Waals surface area (Å²) in [5.74, 6) is 0.311. The van der Waals surface area contributed by atoms with Gasteiger partial charge in [0.05, 0.1) is 18.5 Å². The van der Waals surface area contributed by atoms with Gasteiger partial charge in [0.2, 0.25) is 27.6 Å². The molecule has 1 aromatic heterocycles. The topological polar surface area (TPSA) is 96.6 Å². The van der Waals surface area contributed by atoms with E-state index in [0.29, 0.717) is 11.5 Å². The number of hydrogen-bond donors (Lipinski definition) is 0. The van der Waals surface area contributed by atoms with Crippen LogP contribution in [-0.4, -0.2) is 49.2 Å². The maximum absolute atomic E-state index is 12.8. The van der Waals surface area contributed by atoms with Gasteiger partial charge in [-0.1, -0.05) is 41.1 Å². The highest BCUT2D eigenvalue weighted by molar-refractivity contribution is 7.92. The van der Waals surface area contributed by atoms with Crippen molar-refractivity contribution in [3.8, 4) is 11.4 Å². The van der Waals surface area contributed by atoms with Gasteiger partial charge in [-0.05, 0) is 44.0 Å². The summed E-state index contributed by atoms with van der Waals surface area (Å²) in [6.07, 6.45) is 1.08. The number of sulfonamides is 1. The second kappa shape index (κ2) is 8.89.